The summed E-state index contributed by atoms with van der Waals surface area (Å²) in [5.41, 5.74) is 0.545. The molecule has 23 heavy (non-hydrogen) atoms. The van der Waals surface area contributed by atoms with Crippen molar-refractivity contribution in [2.45, 2.75) is 0 Å². The molecular formula is C16H15Cl2NO4. The van der Waals surface area contributed by atoms with Gasteiger partial charge in [-0.25, -0.2) is 0 Å². The van der Waals surface area contributed by atoms with E-state index in [4.69, 9.17) is 37.4 Å². The summed E-state index contributed by atoms with van der Waals surface area (Å²) in [6.45, 7) is -0.169. The first-order valence-corrected chi connectivity index (χ1v) is 7.38. The van der Waals surface area contributed by atoms with Crippen molar-refractivity contribution >= 4 is 34.8 Å². The normalized spacial score (nSPS) is 10.1. The van der Waals surface area contributed by atoms with Crippen LogP contribution in [0, 0.1) is 0 Å². The van der Waals surface area contributed by atoms with E-state index in [1.165, 1.54) is 14.2 Å². The van der Waals surface area contributed by atoms with Crippen LogP contribution >= 0.6 is 23.2 Å². The lowest BCUT2D eigenvalue weighted by molar-refractivity contribution is -0.118. The van der Waals surface area contributed by atoms with Gasteiger partial charge in [0.05, 0.1) is 24.3 Å². The molecule has 0 spiro atoms. The van der Waals surface area contributed by atoms with Crippen molar-refractivity contribution in [1.82, 2.24) is 0 Å². The third-order valence-corrected chi connectivity index (χ3v) is 3.64. The molecule has 2 aromatic carbocycles. The van der Waals surface area contributed by atoms with E-state index in [9.17, 15) is 4.79 Å². The first-order chi connectivity index (χ1) is 11.0. The summed E-state index contributed by atoms with van der Waals surface area (Å²) >= 11 is 11.7. The monoisotopic (exact) mass is 355 g/mol. The van der Waals surface area contributed by atoms with Crippen molar-refractivity contribution < 1.29 is 19.0 Å². The molecule has 0 aliphatic heterocycles. The van der Waals surface area contributed by atoms with Gasteiger partial charge in [-0.05, 0) is 12.1 Å². The molecule has 7 heteroatoms. The molecule has 122 valence electrons. The van der Waals surface area contributed by atoms with Gasteiger partial charge in [0.15, 0.2) is 6.61 Å². The second kappa shape index (κ2) is 7.94. The van der Waals surface area contributed by atoms with Crippen LogP contribution in [0.5, 0.6) is 17.2 Å². The zero-order valence-corrected chi connectivity index (χ0v) is 14.1. The summed E-state index contributed by atoms with van der Waals surface area (Å²) < 4.78 is 15.7. The molecule has 5 nitrogen and oxygen atoms in total. The predicted octanol–water partition coefficient (Wildman–Crippen LogP) is 4.03. The number of hydrogen-bond acceptors (Lipinski definition) is 4. The highest BCUT2D eigenvalue weighted by molar-refractivity contribution is 6.42. The standard InChI is InChI=1S/C16H15Cl2NO4/c1-21-12-5-10(6-13(7-12)22-2)19-16(20)9-23-11-3-4-14(17)15(18)8-11/h3-8H,9H2,1-2H3,(H,19,20). The molecule has 1 N–H and O–H groups in total. The third kappa shape index (κ3) is 4.94. The number of hydrogen-bond donors (Lipinski definition) is 1. The molecule has 0 saturated heterocycles. The minimum atomic E-state index is -0.327. The SMILES string of the molecule is COc1cc(NC(=O)COc2ccc(Cl)c(Cl)c2)cc(OC)c1. The Hall–Kier alpha value is -2.11. The van der Waals surface area contributed by atoms with Crippen LogP contribution in [0.2, 0.25) is 10.0 Å². The average molecular weight is 356 g/mol. The highest BCUT2D eigenvalue weighted by atomic mass is 35.5. The molecule has 0 aromatic heterocycles. The van der Waals surface area contributed by atoms with Crippen LogP contribution in [0.4, 0.5) is 5.69 Å². The van der Waals surface area contributed by atoms with Crippen LogP contribution in [0.15, 0.2) is 36.4 Å². The van der Waals surface area contributed by atoms with Crippen molar-refractivity contribution in [3.8, 4) is 17.2 Å². The maximum absolute atomic E-state index is 12.0. The second-order valence-electron chi connectivity index (χ2n) is 4.51. The minimum Gasteiger partial charge on any atom is -0.497 e. The van der Waals surface area contributed by atoms with Crippen molar-refractivity contribution in [2.75, 3.05) is 26.1 Å². The molecule has 0 unspecified atom stereocenters. The summed E-state index contributed by atoms with van der Waals surface area (Å²) in [5.74, 6) is 1.28. The van der Waals surface area contributed by atoms with Crippen LogP contribution in [-0.2, 0) is 4.79 Å². The maximum Gasteiger partial charge on any atom is 0.262 e. The Morgan fingerprint density at radius 3 is 2.17 bits per heavy atom. The molecule has 0 bridgehead atoms. The predicted molar refractivity (Wildman–Crippen MR) is 90.1 cm³/mol. The number of carbonyl (C=O) groups excluding carboxylic acids is 1. The minimum absolute atomic E-state index is 0.169. The molecule has 1 amide bonds. The molecule has 0 atom stereocenters. The fourth-order valence-corrected chi connectivity index (χ4v) is 2.08. The number of benzene rings is 2. The lowest BCUT2D eigenvalue weighted by atomic mass is 10.2. The largest absolute Gasteiger partial charge is 0.497 e. The van der Waals surface area contributed by atoms with Crippen molar-refractivity contribution in [3.63, 3.8) is 0 Å². The maximum atomic E-state index is 12.0. The molecule has 2 rings (SSSR count). The molecule has 0 fully saturated rings. The number of rotatable bonds is 6. The first kappa shape index (κ1) is 17.2. The topological polar surface area (TPSA) is 56.8 Å². The van der Waals surface area contributed by atoms with Crippen molar-refractivity contribution in [2.24, 2.45) is 0 Å². The Balaban J connectivity index is 1.97. The van der Waals surface area contributed by atoms with Crippen LogP contribution in [0.1, 0.15) is 0 Å². The fraction of sp³-hybridized carbons (Fsp3) is 0.188. The van der Waals surface area contributed by atoms with E-state index >= 15 is 0 Å². The summed E-state index contributed by atoms with van der Waals surface area (Å²) in [5, 5.41) is 3.49. The van der Waals surface area contributed by atoms with E-state index in [0.717, 1.165) is 0 Å². The van der Waals surface area contributed by atoms with Gasteiger partial charge < -0.3 is 19.5 Å². The third-order valence-electron chi connectivity index (χ3n) is 2.90. The molecule has 0 heterocycles. The molecular weight excluding hydrogens is 341 g/mol. The quantitative estimate of drug-likeness (QED) is 0.849. The zero-order valence-electron chi connectivity index (χ0n) is 12.6. The van der Waals surface area contributed by atoms with E-state index in [-0.39, 0.29) is 12.5 Å². The Bertz CT molecular complexity index is 684. The van der Waals surface area contributed by atoms with Gasteiger partial charge in [-0.15, -0.1) is 0 Å². The summed E-state index contributed by atoms with van der Waals surface area (Å²) in [6, 6.07) is 9.85. The first-order valence-electron chi connectivity index (χ1n) is 6.62. The van der Waals surface area contributed by atoms with E-state index < -0.39 is 0 Å². The van der Waals surface area contributed by atoms with Gasteiger partial charge in [0.2, 0.25) is 0 Å². The number of methoxy groups -OCH3 is 2. The molecule has 0 aliphatic carbocycles. The Kier molecular flexibility index (Phi) is 5.96. The van der Waals surface area contributed by atoms with Crippen LogP contribution < -0.4 is 19.5 Å². The van der Waals surface area contributed by atoms with Crippen molar-refractivity contribution in [1.29, 1.82) is 0 Å². The highest BCUT2D eigenvalue weighted by Gasteiger charge is 2.08. The van der Waals surface area contributed by atoms with E-state index in [2.05, 4.69) is 5.32 Å². The van der Waals surface area contributed by atoms with E-state index in [0.29, 0.717) is 33.0 Å². The molecule has 0 saturated carbocycles. The van der Waals surface area contributed by atoms with Gasteiger partial charge >= 0.3 is 0 Å². The lowest BCUT2D eigenvalue weighted by Gasteiger charge is -2.11. The van der Waals surface area contributed by atoms with Gasteiger partial charge in [-0.2, -0.15) is 0 Å². The second-order valence-corrected chi connectivity index (χ2v) is 5.33. The van der Waals surface area contributed by atoms with Crippen molar-refractivity contribution in [3.05, 3.63) is 46.4 Å². The number of carbonyl (C=O) groups is 1. The number of ether oxygens (including phenoxy) is 3. The number of halogens is 2. The molecule has 2 aromatic rings. The van der Waals surface area contributed by atoms with Crippen LogP contribution in [-0.4, -0.2) is 26.7 Å². The van der Waals surface area contributed by atoms with Crippen LogP contribution in [0.25, 0.3) is 0 Å². The Morgan fingerprint density at radius 2 is 1.61 bits per heavy atom. The Labute approximate surface area is 144 Å². The van der Waals surface area contributed by atoms with Gasteiger partial charge in [0.25, 0.3) is 5.91 Å². The fourth-order valence-electron chi connectivity index (χ4n) is 1.79. The highest BCUT2D eigenvalue weighted by Crippen LogP contribution is 2.27. The lowest BCUT2D eigenvalue weighted by Crippen LogP contribution is -2.20. The van der Waals surface area contributed by atoms with Crippen LogP contribution in [0.3, 0.4) is 0 Å². The number of anilines is 1. The van der Waals surface area contributed by atoms with E-state index in [1.807, 2.05) is 0 Å². The van der Waals surface area contributed by atoms with E-state index in [1.54, 1.807) is 36.4 Å². The zero-order chi connectivity index (χ0) is 16.8. The molecule has 0 aliphatic rings. The number of amides is 1. The summed E-state index contributed by atoms with van der Waals surface area (Å²) in [6.07, 6.45) is 0. The Morgan fingerprint density at radius 1 is 0.957 bits per heavy atom. The van der Waals surface area contributed by atoms with Gasteiger partial charge in [0.1, 0.15) is 17.2 Å². The smallest absolute Gasteiger partial charge is 0.262 e. The van der Waals surface area contributed by atoms with Gasteiger partial charge in [-0.1, -0.05) is 23.2 Å². The van der Waals surface area contributed by atoms with Gasteiger partial charge in [-0.3, -0.25) is 4.79 Å². The summed E-state index contributed by atoms with van der Waals surface area (Å²) in [4.78, 5) is 12.0. The average Bonchev–Trinajstić information content (AvgIpc) is 2.55. The summed E-state index contributed by atoms with van der Waals surface area (Å²) in [7, 11) is 3.07. The number of nitrogens with one attached hydrogen (secondary N) is 1. The van der Waals surface area contributed by atoms with Gasteiger partial charge in [0, 0.05) is 30.0 Å². The molecule has 0 radical (unpaired) electrons.